The van der Waals surface area contributed by atoms with Crippen molar-refractivity contribution in [2.75, 3.05) is 12.4 Å². The number of methoxy groups -OCH3 is 1. The first kappa shape index (κ1) is 21.4. The van der Waals surface area contributed by atoms with Gasteiger partial charge >= 0.3 is 5.97 Å². The van der Waals surface area contributed by atoms with E-state index in [9.17, 15) is 14.0 Å². The van der Waals surface area contributed by atoms with Gasteiger partial charge in [-0.1, -0.05) is 42.1 Å². The molecule has 1 aliphatic carbocycles. The molecule has 0 saturated heterocycles. The minimum atomic E-state index is -0.453. The number of allylic oxidation sites excluding steroid dienone is 2. The molecule has 3 aromatic rings. The van der Waals surface area contributed by atoms with Gasteiger partial charge < -0.3 is 10.1 Å². The summed E-state index contributed by atoms with van der Waals surface area (Å²) in [5, 5.41) is 8.43. The number of aromatic nitrogens is 3. The lowest BCUT2D eigenvalue weighted by atomic mass is 9.85. The molecule has 1 aliphatic heterocycles. The van der Waals surface area contributed by atoms with E-state index in [0.29, 0.717) is 40.0 Å². The van der Waals surface area contributed by atoms with Crippen molar-refractivity contribution in [1.82, 2.24) is 14.8 Å². The SMILES string of the molecule is COC(=O)c1ccc(C2C3=C(CCCC3=O)Nc3nc(SCc4ccccc4F)nn32)cc1. The monoisotopic (exact) mass is 464 g/mol. The maximum Gasteiger partial charge on any atom is 0.337 e. The average Bonchev–Trinajstić information content (AvgIpc) is 3.24. The van der Waals surface area contributed by atoms with Crippen LogP contribution in [0.2, 0.25) is 0 Å². The first-order valence-electron chi connectivity index (χ1n) is 10.6. The first-order chi connectivity index (χ1) is 16.0. The van der Waals surface area contributed by atoms with Crippen LogP contribution in [0.5, 0.6) is 0 Å². The summed E-state index contributed by atoms with van der Waals surface area (Å²) in [5.74, 6) is 0.321. The molecule has 0 amide bonds. The van der Waals surface area contributed by atoms with Gasteiger partial charge in [0.2, 0.25) is 11.1 Å². The predicted octanol–water partition coefficient (Wildman–Crippen LogP) is 4.52. The summed E-state index contributed by atoms with van der Waals surface area (Å²) in [6.07, 6.45) is 2.01. The molecule has 168 valence electrons. The van der Waals surface area contributed by atoms with Gasteiger partial charge in [0.25, 0.3) is 0 Å². The van der Waals surface area contributed by atoms with Crippen LogP contribution >= 0.6 is 11.8 Å². The van der Waals surface area contributed by atoms with Crippen molar-refractivity contribution in [2.45, 2.75) is 36.2 Å². The summed E-state index contributed by atoms with van der Waals surface area (Å²) in [6, 6.07) is 13.2. The predicted molar refractivity (Wildman–Crippen MR) is 121 cm³/mol. The van der Waals surface area contributed by atoms with E-state index >= 15 is 0 Å². The van der Waals surface area contributed by atoms with Gasteiger partial charge in [-0.25, -0.2) is 13.9 Å². The molecule has 0 saturated carbocycles. The third-order valence-corrected chi connectivity index (χ3v) is 6.70. The molecular weight excluding hydrogens is 443 g/mol. The highest BCUT2D eigenvalue weighted by atomic mass is 32.2. The Kier molecular flexibility index (Phi) is 5.72. The van der Waals surface area contributed by atoms with Crippen LogP contribution in [0.3, 0.4) is 0 Å². The molecule has 5 rings (SSSR count). The van der Waals surface area contributed by atoms with Gasteiger partial charge in [0.05, 0.1) is 12.7 Å². The molecule has 9 heteroatoms. The second-order valence-electron chi connectivity index (χ2n) is 7.85. The number of carbonyl (C=O) groups excluding carboxylic acids is 2. The molecule has 0 spiro atoms. The van der Waals surface area contributed by atoms with E-state index in [1.54, 1.807) is 35.0 Å². The van der Waals surface area contributed by atoms with Crippen LogP contribution < -0.4 is 5.32 Å². The Balaban J connectivity index is 1.50. The number of hydrogen-bond donors (Lipinski definition) is 1. The smallest absolute Gasteiger partial charge is 0.337 e. The summed E-state index contributed by atoms with van der Waals surface area (Å²) in [4.78, 5) is 29.4. The molecule has 0 radical (unpaired) electrons. The van der Waals surface area contributed by atoms with Gasteiger partial charge in [0.15, 0.2) is 5.78 Å². The number of thioether (sulfide) groups is 1. The number of rotatable bonds is 5. The lowest BCUT2D eigenvalue weighted by molar-refractivity contribution is -0.116. The number of esters is 1. The number of carbonyl (C=O) groups is 2. The molecular formula is C24H21FN4O3S. The number of ketones is 1. The largest absolute Gasteiger partial charge is 0.465 e. The average molecular weight is 465 g/mol. The zero-order valence-corrected chi connectivity index (χ0v) is 18.7. The molecule has 33 heavy (non-hydrogen) atoms. The highest BCUT2D eigenvalue weighted by molar-refractivity contribution is 7.98. The standard InChI is InChI=1S/C24H21FN4O3S/c1-32-22(31)15-11-9-14(10-12-15)21-20-18(7-4-8-19(20)30)26-23-27-24(28-29(21)23)33-13-16-5-2-3-6-17(16)25/h2-3,5-6,9-12,21H,4,7-8,13H2,1H3,(H,26,27,28). The number of anilines is 1. The third-order valence-electron chi connectivity index (χ3n) is 5.81. The van der Waals surface area contributed by atoms with Crippen molar-refractivity contribution in [3.8, 4) is 0 Å². The molecule has 2 aliphatic rings. The van der Waals surface area contributed by atoms with Gasteiger partial charge in [0.1, 0.15) is 11.9 Å². The lowest BCUT2D eigenvalue weighted by Gasteiger charge is -2.32. The fraction of sp³-hybridized carbons (Fsp3) is 0.250. The second kappa shape index (κ2) is 8.82. The van der Waals surface area contributed by atoms with Gasteiger partial charge in [0, 0.05) is 23.4 Å². The number of ether oxygens (including phenoxy) is 1. The van der Waals surface area contributed by atoms with Crippen molar-refractivity contribution in [2.24, 2.45) is 0 Å². The van der Waals surface area contributed by atoms with E-state index in [0.717, 1.165) is 24.1 Å². The van der Waals surface area contributed by atoms with Crippen molar-refractivity contribution in [3.05, 3.63) is 82.3 Å². The minimum Gasteiger partial charge on any atom is -0.465 e. The molecule has 1 unspecified atom stereocenters. The van der Waals surface area contributed by atoms with Crippen LogP contribution in [0.4, 0.5) is 10.3 Å². The topological polar surface area (TPSA) is 86.1 Å². The minimum absolute atomic E-state index is 0.0764. The Bertz CT molecular complexity index is 1270. The van der Waals surface area contributed by atoms with Crippen molar-refractivity contribution >= 4 is 29.5 Å². The fourth-order valence-electron chi connectivity index (χ4n) is 4.18. The normalized spacial score (nSPS) is 17.3. The molecule has 0 bridgehead atoms. The maximum atomic E-state index is 14.0. The van der Waals surface area contributed by atoms with Crippen LogP contribution in [-0.2, 0) is 15.3 Å². The summed E-state index contributed by atoms with van der Waals surface area (Å²) >= 11 is 1.33. The van der Waals surface area contributed by atoms with E-state index in [-0.39, 0.29) is 11.6 Å². The number of nitrogens with zero attached hydrogens (tertiary/aromatic N) is 3. The van der Waals surface area contributed by atoms with Crippen LogP contribution in [-0.4, -0.2) is 33.6 Å². The highest BCUT2D eigenvalue weighted by Gasteiger charge is 2.36. The van der Waals surface area contributed by atoms with Gasteiger partial charge in [-0.3, -0.25) is 4.79 Å². The molecule has 0 fully saturated rings. The summed E-state index contributed by atoms with van der Waals surface area (Å²) < 4.78 is 20.5. The number of hydrogen-bond acceptors (Lipinski definition) is 7. The molecule has 1 atom stereocenters. The molecule has 1 aromatic heterocycles. The Labute approximate surface area is 194 Å². The number of fused-ring (bicyclic) bond motifs is 1. The third kappa shape index (κ3) is 4.04. The van der Waals surface area contributed by atoms with Crippen LogP contribution in [0.25, 0.3) is 0 Å². The van der Waals surface area contributed by atoms with E-state index in [1.807, 2.05) is 12.1 Å². The molecule has 2 aromatic carbocycles. The van der Waals surface area contributed by atoms with E-state index in [4.69, 9.17) is 4.74 Å². The van der Waals surface area contributed by atoms with Crippen LogP contribution in [0.15, 0.2) is 65.0 Å². The maximum absolute atomic E-state index is 14.0. The van der Waals surface area contributed by atoms with Crippen LogP contribution in [0, 0.1) is 5.82 Å². The number of benzene rings is 2. The van der Waals surface area contributed by atoms with Gasteiger partial charge in [-0.15, -0.1) is 5.10 Å². The number of Topliss-reactive ketones (excluding diaryl/α,β-unsaturated/α-hetero) is 1. The zero-order chi connectivity index (χ0) is 22.9. The second-order valence-corrected chi connectivity index (χ2v) is 8.80. The summed E-state index contributed by atoms with van der Waals surface area (Å²) in [7, 11) is 1.34. The molecule has 7 nitrogen and oxygen atoms in total. The van der Waals surface area contributed by atoms with Crippen LogP contribution in [0.1, 0.15) is 46.8 Å². The lowest BCUT2D eigenvalue weighted by Crippen LogP contribution is -2.31. The summed E-state index contributed by atoms with van der Waals surface area (Å²) in [5.41, 5.74) is 3.36. The zero-order valence-electron chi connectivity index (χ0n) is 17.9. The quantitative estimate of drug-likeness (QED) is 0.439. The number of nitrogens with one attached hydrogen (secondary N) is 1. The Morgan fingerprint density at radius 1 is 1.21 bits per heavy atom. The van der Waals surface area contributed by atoms with Gasteiger partial charge in [-0.05, 0) is 42.2 Å². The van der Waals surface area contributed by atoms with E-state index in [1.165, 1.54) is 24.9 Å². The highest BCUT2D eigenvalue weighted by Crippen LogP contribution is 2.40. The molecule has 2 heterocycles. The Morgan fingerprint density at radius 3 is 2.76 bits per heavy atom. The van der Waals surface area contributed by atoms with Gasteiger partial charge in [-0.2, -0.15) is 4.98 Å². The van der Waals surface area contributed by atoms with Crippen molar-refractivity contribution in [3.63, 3.8) is 0 Å². The van der Waals surface area contributed by atoms with E-state index in [2.05, 4.69) is 15.4 Å². The Hall–Kier alpha value is -3.46. The fourth-order valence-corrected chi connectivity index (χ4v) is 5.00. The summed E-state index contributed by atoms with van der Waals surface area (Å²) in [6.45, 7) is 0. The van der Waals surface area contributed by atoms with E-state index < -0.39 is 12.0 Å². The number of halogens is 1. The van der Waals surface area contributed by atoms with Crippen molar-refractivity contribution < 1.29 is 18.7 Å². The first-order valence-corrected chi connectivity index (χ1v) is 11.6. The Morgan fingerprint density at radius 2 is 2.00 bits per heavy atom. The molecule has 1 N–H and O–H groups in total. The van der Waals surface area contributed by atoms with Crippen molar-refractivity contribution in [1.29, 1.82) is 0 Å².